The monoisotopic (exact) mass is 281 g/mol. The summed E-state index contributed by atoms with van der Waals surface area (Å²) in [6, 6.07) is 4.65. The SMILES string of the molecule is CCC(C)(C(Cc1cccs1)NN)N1CCCCC1. The highest BCUT2D eigenvalue weighted by Gasteiger charge is 2.38. The molecule has 0 amide bonds. The third kappa shape index (κ3) is 3.37. The van der Waals surface area contributed by atoms with Crippen molar-refractivity contribution in [3.05, 3.63) is 22.4 Å². The smallest absolute Gasteiger partial charge is 0.0440 e. The second kappa shape index (κ2) is 6.84. The molecule has 0 spiro atoms. The van der Waals surface area contributed by atoms with Crippen LogP contribution in [0.5, 0.6) is 0 Å². The average molecular weight is 281 g/mol. The number of piperidine rings is 1. The molecule has 2 rings (SSSR count). The molecule has 1 fully saturated rings. The molecule has 1 saturated heterocycles. The van der Waals surface area contributed by atoms with Gasteiger partial charge in [0.1, 0.15) is 0 Å². The molecule has 0 saturated carbocycles. The predicted molar refractivity (Wildman–Crippen MR) is 83.3 cm³/mol. The van der Waals surface area contributed by atoms with E-state index in [0.29, 0.717) is 6.04 Å². The molecular formula is C15H27N3S. The van der Waals surface area contributed by atoms with Gasteiger partial charge in [0.25, 0.3) is 0 Å². The summed E-state index contributed by atoms with van der Waals surface area (Å²) in [7, 11) is 0. The third-order valence-electron chi connectivity index (χ3n) is 4.73. The van der Waals surface area contributed by atoms with E-state index in [1.165, 1.54) is 37.2 Å². The highest BCUT2D eigenvalue weighted by atomic mass is 32.1. The number of nitrogens with zero attached hydrogens (tertiary/aromatic N) is 1. The topological polar surface area (TPSA) is 41.3 Å². The van der Waals surface area contributed by atoms with Gasteiger partial charge in [-0.1, -0.05) is 19.4 Å². The molecule has 0 aromatic carbocycles. The Morgan fingerprint density at radius 3 is 2.68 bits per heavy atom. The number of nitrogens with one attached hydrogen (secondary N) is 1. The largest absolute Gasteiger partial charge is 0.296 e. The van der Waals surface area contributed by atoms with Gasteiger partial charge >= 0.3 is 0 Å². The molecule has 3 nitrogen and oxygen atoms in total. The molecule has 1 aromatic rings. The van der Waals surface area contributed by atoms with Crippen LogP contribution < -0.4 is 11.3 Å². The zero-order valence-electron chi connectivity index (χ0n) is 12.2. The maximum absolute atomic E-state index is 5.89. The van der Waals surface area contributed by atoms with Gasteiger partial charge in [-0.05, 0) is 50.7 Å². The Morgan fingerprint density at radius 1 is 1.42 bits per heavy atom. The molecule has 0 aliphatic carbocycles. The summed E-state index contributed by atoms with van der Waals surface area (Å²) in [4.78, 5) is 4.06. The normalized spacial score (nSPS) is 22.1. The first-order chi connectivity index (χ1) is 9.20. The number of hydrogen-bond acceptors (Lipinski definition) is 4. The van der Waals surface area contributed by atoms with Crippen molar-refractivity contribution in [2.75, 3.05) is 13.1 Å². The molecule has 0 radical (unpaired) electrons. The number of likely N-dealkylation sites (tertiary alicyclic amines) is 1. The maximum atomic E-state index is 5.89. The van der Waals surface area contributed by atoms with Crippen LogP contribution in [-0.2, 0) is 6.42 Å². The van der Waals surface area contributed by atoms with Crippen LogP contribution in [0.3, 0.4) is 0 Å². The van der Waals surface area contributed by atoms with Crippen molar-refractivity contribution < 1.29 is 0 Å². The van der Waals surface area contributed by atoms with E-state index < -0.39 is 0 Å². The quantitative estimate of drug-likeness (QED) is 0.622. The number of rotatable bonds is 6. The molecule has 2 unspecified atom stereocenters. The summed E-state index contributed by atoms with van der Waals surface area (Å²) in [5.41, 5.74) is 3.25. The number of thiophene rings is 1. The van der Waals surface area contributed by atoms with Crippen LogP contribution in [0.2, 0.25) is 0 Å². The van der Waals surface area contributed by atoms with Crippen molar-refractivity contribution >= 4 is 11.3 Å². The van der Waals surface area contributed by atoms with Crippen LogP contribution in [0, 0.1) is 0 Å². The van der Waals surface area contributed by atoms with Crippen molar-refractivity contribution in [3.63, 3.8) is 0 Å². The Balaban J connectivity index is 2.11. The summed E-state index contributed by atoms with van der Waals surface area (Å²) >= 11 is 1.83. The third-order valence-corrected chi connectivity index (χ3v) is 5.63. The van der Waals surface area contributed by atoms with Crippen molar-refractivity contribution in [2.45, 2.75) is 57.5 Å². The standard InChI is InChI=1S/C15H27N3S/c1-3-15(2,18-9-5-4-6-10-18)14(17-16)12-13-8-7-11-19-13/h7-8,11,14,17H,3-6,9-10,12,16H2,1-2H3. The van der Waals surface area contributed by atoms with Crippen molar-refractivity contribution in [2.24, 2.45) is 5.84 Å². The Morgan fingerprint density at radius 2 is 2.16 bits per heavy atom. The number of hydrazine groups is 1. The second-order valence-corrected chi connectivity index (χ2v) is 6.79. The Hall–Kier alpha value is -0.420. The van der Waals surface area contributed by atoms with Crippen LogP contribution in [-0.4, -0.2) is 29.6 Å². The fourth-order valence-corrected chi connectivity index (χ4v) is 3.94. The highest BCUT2D eigenvalue weighted by molar-refractivity contribution is 7.09. The van der Waals surface area contributed by atoms with Crippen molar-refractivity contribution in [1.29, 1.82) is 0 Å². The highest BCUT2D eigenvalue weighted by Crippen LogP contribution is 2.29. The van der Waals surface area contributed by atoms with Crippen molar-refractivity contribution in [1.82, 2.24) is 10.3 Å². The van der Waals surface area contributed by atoms with Gasteiger partial charge in [-0.3, -0.25) is 16.2 Å². The van der Waals surface area contributed by atoms with E-state index in [1.807, 2.05) is 11.3 Å². The summed E-state index contributed by atoms with van der Waals surface area (Å²) in [6.07, 6.45) is 6.18. The first-order valence-electron chi connectivity index (χ1n) is 7.44. The summed E-state index contributed by atoms with van der Waals surface area (Å²) in [6.45, 7) is 7.09. The van der Waals surface area contributed by atoms with E-state index in [4.69, 9.17) is 5.84 Å². The minimum atomic E-state index is 0.152. The zero-order valence-corrected chi connectivity index (χ0v) is 13.0. The molecule has 108 valence electrons. The number of nitrogens with two attached hydrogens (primary N) is 1. The van der Waals surface area contributed by atoms with Gasteiger partial charge < -0.3 is 0 Å². The average Bonchev–Trinajstić information content (AvgIpc) is 2.98. The molecule has 4 heteroatoms. The second-order valence-electron chi connectivity index (χ2n) is 5.76. The van der Waals surface area contributed by atoms with Crippen LogP contribution >= 0.6 is 11.3 Å². The molecule has 1 aromatic heterocycles. The van der Waals surface area contributed by atoms with Gasteiger partial charge in [-0.2, -0.15) is 0 Å². The summed E-state index contributed by atoms with van der Waals surface area (Å²) < 4.78 is 0. The van der Waals surface area contributed by atoms with E-state index in [9.17, 15) is 0 Å². The Labute approximate surface area is 121 Å². The molecule has 0 bridgehead atoms. The molecule has 3 N–H and O–H groups in total. The van der Waals surface area contributed by atoms with Crippen LogP contribution in [0.1, 0.15) is 44.4 Å². The molecule has 1 aliphatic rings. The van der Waals surface area contributed by atoms with E-state index in [1.54, 1.807) is 0 Å². The van der Waals surface area contributed by atoms with Crippen LogP contribution in [0.4, 0.5) is 0 Å². The lowest BCUT2D eigenvalue weighted by atomic mass is 9.84. The lowest BCUT2D eigenvalue weighted by Gasteiger charge is -2.47. The van der Waals surface area contributed by atoms with Gasteiger partial charge in [0.2, 0.25) is 0 Å². The molecule has 19 heavy (non-hydrogen) atoms. The van der Waals surface area contributed by atoms with Gasteiger partial charge in [-0.15, -0.1) is 11.3 Å². The van der Waals surface area contributed by atoms with E-state index in [2.05, 4.69) is 41.7 Å². The molecule has 2 atom stereocenters. The van der Waals surface area contributed by atoms with Crippen LogP contribution in [0.15, 0.2) is 17.5 Å². The van der Waals surface area contributed by atoms with E-state index >= 15 is 0 Å². The molecule has 1 aliphatic heterocycles. The first kappa shape index (κ1) is 15.0. The Kier molecular flexibility index (Phi) is 5.39. The van der Waals surface area contributed by atoms with E-state index in [-0.39, 0.29) is 5.54 Å². The minimum absolute atomic E-state index is 0.152. The minimum Gasteiger partial charge on any atom is -0.296 e. The summed E-state index contributed by atoms with van der Waals surface area (Å²) in [5.74, 6) is 5.89. The summed E-state index contributed by atoms with van der Waals surface area (Å²) in [5, 5.41) is 2.15. The van der Waals surface area contributed by atoms with Crippen LogP contribution in [0.25, 0.3) is 0 Å². The van der Waals surface area contributed by atoms with Gasteiger partial charge in [0, 0.05) is 22.9 Å². The zero-order chi connectivity index (χ0) is 13.7. The molecular weight excluding hydrogens is 254 g/mol. The maximum Gasteiger partial charge on any atom is 0.0440 e. The Bertz CT molecular complexity index is 359. The fourth-order valence-electron chi connectivity index (χ4n) is 3.18. The molecule has 2 heterocycles. The number of hydrogen-bond donors (Lipinski definition) is 2. The fraction of sp³-hybridized carbons (Fsp3) is 0.733. The van der Waals surface area contributed by atoms with Gasteiger partial charge in [0.05, 0.1) is 0 Å². The predicted octanol–water partition coefficient (Wildman–Crippen LogP) is 2.78. The lowest BCUT2D eigenvalue weighted by molar-refractivity contribution is 0.0432. The van der Waals surface area contributed by atoms with Gasteiger partial charge in [0.15, 0.2) is 0 Å². The van der Waals surface area contributed by atoms with E-state index in [0.717, 1.165) is 12.8 Å². The van der Waals surface area contributed by atoms with Crippen molar-refractivity contribution in [3.8, 4) is 0 Å². The first-order valence-corrected chi connectivity index (χ1v) is 8.32. The lowest BCUT2D eigenvalue weighted by Crippen LogP contribution is -2.62. The van der Waals surface area contributed by atoms with Gasteiger partial charge in [-0.25, -0.2) is 0 Å².